The molecule has 4 heterocycles. The number of fused-ring (bicyclic) bond motifs is 1. The zero-order valence-electron chi connectivity index (χ0n) is 13.6. The third-order valence-electron chi connectivity index (χ3n) is 4.34. The van der Waals surface area contributed by atoms with Crippen molar-refractivity contribution >= 4 is 11.4 Å². The summed E-state index contributed by atoms with van der Waals surface area (Å²) in [6.45, 7) is 5.47. The number of piperazine rings is 1. The van der Waals surface area contributed by atoms with Crippen molar-refractivity contribution in [2.45, 2.75) is 13.5 Å². The maximum absolute atomic E-state index is 12.7. The van der Waals surface area contributed by atoms with Crippen LogP contribution in [-0.4, -0.2) is 56.4 Å². The van der Waals surface area contributed by atoms with Gasteiger partial charge >= 0.3 is 0 Å². The molecule has 7 heteroatoms. The number of carbonyl (C=O) groups is 1. The van der Waals surface area contributed by atoms with Crippen molar-refractivity contribution in [2.24, 2.45) is 0 Å². The van der Waals surface area contributed by atoms with E-state index in [9.17, 15) is 4.79 Å². The van der Waals surface area contributed by atoms with Gasteiger partial charge in [-0.05, 0) is 25.1 Å². The van der Waals surface area contributed by atoms with E-state index in [0.717, 1.165) is 24.2 Å². The second kappa shape index (κ2) is 6.09. The smallest absolute Gasteiger partial charge is 0.255 e. The van der Waals surface area contributed by atoms with Crippen molar-refractivity contribution in [1.29, 1.82) is 0 Å². The zero-order chi connectivity index (χ0) is 16.5. The van der Waals surface area contributed by atoms with Crippen molar-refractivity contribution in [1.82, 2.24) is 24.3 Å². The highest BCUT2D eigenvalue weighted by Crippen LogP contribution is 2.14. The Bertz CT molecular complexity index is 828. The maximum atomic E-state index is 12.7. The molecule has 0 unspecified atom stereocenters. The molecule has 0 saturated carbocycles. The summed E-state index contributed by atoms with van der Waals surface area (Å²) in [5.74, 6) is 1.37. The van der Waals surface area contributed by atoms with Gasteiger partial charge in [0.2, 0.25) is 5.89 Å². The molecule has 0 spiro atoms. The molecule has 0 atom stereocenters. The minimum absolute atomic E-state index is 0.0898. The largest absolute Gasteiger partial charge is 0.338 e. The molecule has 3 aromatic heterocycles. The molecule has 3 aromatic rings. The lowest BCUT2D eigenvalue weighted by molar-refractivity contribution is 0.0615. The Kier molecular flexibility index (Phi) is 3.78. The van der Waals surface area contributed by atoms with E-state index in [2.05, 4.69) is 15.0 Å². The molecule has 0 bridgehead atoms. The minimum Gasteiger partial charge on any atom is -0.338 e. The molecule has 0 aliphatic carbocycles. The van der Waals surface area contributed by atoms with Gasteiger partial charge in [-0.2, -0.15) is 4.98 Å². The predicted octanol–water partition coefficient (Wildman–Crippen LogP) is 1.59. The molecule has 124 valence electrons. The van der Waals surface area contributed by atoms with Crippen molar-refractivity contribution in [3.05, 3.63) is 53.9 Å². The first-order chi connectivity index (χ1) is 11.7. The van der Waals surface area contributed by atoms with Crippen LogP contribution in [0, 0.1) is 6.92 Å². The van der Waals surface area contributed by atoms with Crippen LogP contribution in [0.1, 0.15) is 22.1 Å². The van der Waals surface area contributed by atoms with Gasteiger partial charge in [0.15, 0.2) is 5.82 Å². The first kappa shape index (κ1) is 14.9. The molecule has 0 aromatic carbocycles. The van der Waals surface area contributed by atoms with E-state index in [0.29, 0.717) is 31.3 Å². The summed E-state index contributed by atoms with van der Waals surface area (Å²) < 4.78 is 7.13. The number of pyridine rings is 1. The standard InChI is InChI=1S/C17H19N5O2/c1-13-18-16(24-19-13)12-20-6-8-21(9-7-20)17(23)14-10-15-4-2-3-5-22(15)11-14/h2-5,10-11H,6-9,12H2,1H3. The van der Waals surface area contributed by atoms with Crippen molar-refractivity contribution in [2.75, 3.05) is 26.2 Å². The van der Waals surface area contributed by atoms with Crippen LogP contribution >= 0.6 is 0 Å². The molecule has 0 N–H and O–H groups in total. The van der Waals surface area contributed by atoms with E-state index in [-0.39, 0.29) is 5.91 Å². The Hall–Kier alpha value is -2.67. The summed E-state index contributed by atoms with van der Waals surface area (Å²) in [6.07, 6.45) is 3.85. The highest BCUT2D eigenvalue weighted by Gasteiger charge is 2.23. The number of hydrogen-bond donors (Lipinski definition) is 0. The Morgan fingerprint density at radius 2 is 2.08 bits per heavy atom. The van der Waals surface area contributed by atoms with Crippen molar-refractivity contribution in [3.63, 3.8) is 0 Å². The molecule has 1 saturated heterocycles. The third-order valence-corrected chi connectivity index (χ3v) is 4.34. The summed E-state index contributed by atoms with van der Waals surface area (Å²) in [6, 6.07) is 7.87. The van der Waals surface area contributed by atoms with Crippen LogP contribution in [0.15, 0.2) is 41.2 Å². The Morgan fingerprint density at radius 3 is 2.79 bits per heavy atom. The Labute approximate surface area is 139 Å². The molecule has 4 rings (SSSR count). The van der Waals surface area contributed by atoms with E-state index in [1.165, 1.54) is 0 Å². The monoisotopic (exact) mass is 325 g/mol. The van der Waals surface area contributed by atoms with Gasteiger partial charge in [-0.15, -0.1) is 0 Å². The normalized spacial score (nSPS) is 16.0. The van der Waals surface area contributed by atoms with Gasteiger partial charge in [0.05, 0.1) is 12.1 Å². The highest BCUT2D eigenvalue weighted by molar-refractivity contribution is 5.95. The first-order valence-corrected chi connectivity index (χ1v) is 8.06. The van der Waals surface area contributed by atoms with Gasteiger partial charge in [-0.3, -0.25) is 9.69 Å². The molecule has 24 heavy (non-hydrogen) atoms. The van der Waals surface area contributed by atoms with Gasteiger partial charge in [0.1, 0.15) is 0 Å². The van der Waals surface area contributed by atoms with Crippen molar-refractivity contribution in [3.8, 4) is 0 Å². The maximum Gasteiger partial charge on any atom is 0.255 e. The minimum atomic E-state index is 0.0898. The van der Waals surface area contributed by atoms with Gasteiger partial charge in [-0.25, -0.2) is 0 Å². The second-order valence-electron chi connectivity index (χ2n) is 6.07. The van der Waals surface area contributed by atoms with E-state index in [1.54, 1.807) is 0 Å². The molecule has 1 fully saturated rings. The van der Waals surface area contributed by atoms with E-state index in [4.69, 9.17) is 4.52 Å². The fourth-order valence-electron chi connectivity index (χ4n) is 3.06. The molecule has 1 amide bonds. The number of aromatic nitrogens is 3. The van der Waals surface area contributed by atoms with Gasteiger partial charge in [0, 0.05) is 44.1 Å². The van der Waals surface area contributed by atoms with Crippen molar-refractivity contribution < 1.29 is 9.32 Å². The molecular formula is C17H19N5O2. The van der Waals surface area contributed by atoms with Crippen LogP contribution in [0.3, 0.4) is 0 Å². The number of hydrogen-bond acceptors (Lipinski definition) is 5. The van der Waals surface area contributed by atoms with E-state index in [1.807, 2.05) is 52.9 Å². The summed E-state index contributed by atoms with van der Waals surface area (Å²) in [7, 11) is 0. The molecule has 0 radical (unpaired) electrons. The average Bonchev–Trinajstić information content (AvgIpc) is 3.21. The summed E-state index contributed by atoms with van der Waals surface area (Å²) in [5.41, 5.74) is 1.77. The number of aryl methyl sites for hydroxylation is 1. The van der Waals surface area contributed by atoms with Crippen LogP contribution in [0.4, 0.5) is 0 Å². The Morgan fingerprint density at radius 1 is 1.25 bits per heavy atom. The number of carbonyl (C=O) groups excluding carboxylic acids is 1. The topological polar surface area (TPSA) is 66.9 Å². The van der Waals surface area contributed by atoms with Crippen LogP contribution in [0.5, 0.6) is 0 Å². The summed E-state index contributed by atoms with van der Waals surface area (Å²) in [4.78, 5) is 21.1. The van der Waals surface area contributed by atoms with Crippen LogP contribution in [0.2, 0.25) is 0 Å². The third kappa shape index (κ3) is 2.90. The quantitative estimate of drug-likeness (QED) is 0.731. The first-order valence-electron chi connectivity index (χ1n) is 8.06. The fraction of sp³-hybridized carbons (Fsp3) is 0.353. The van der Waals surface area contributed by atoms with E-state index >= 15 is 0 Å². The van der Waals surface area contributed by atoms with Gasteiger partial charge in [-0.1, -0.05) is 11.2 Å². The summed E-state index contributed by atoms with van der Waals surface area (Å²) in [5, 5.41) is 3.81. The molecule has 1 aliphatic rings. The molecular weight excluding hydrogens is 306 g/mol. The number of amides is 1. The average molecular weight is 325 g/mol. The van der Waals surface area contributed by atoms with E-state index < -0.39 is 0 Å². The number of rotatable bonds is 3. The lowest BCUT2D eigenvalue weighted by Crippen LogP contribution is -2.48. The number of nitrogens with zero attached hydrogens (tertiary/aromatic N) is 5. The van der Waals surface area contributed by atoms with Crippen LogP contribution in [0.25, 0.3) is 5.52 Å². The molecule has 7 nitrogen and oxygen atoms in total. The predicted molar refractivity (Wildman–Crippen MR) is 87.6 cm³/mol. The SMILES string of the molecule is Cc1noc(CN2CCN(C(=O)c3cc4ccccn4c3)CC2)n1. The molecule has 1 aliphatic heterocycles. The fourth-order valence-corrected chi connectivity index (χ4v) is 3.06. The van der Waals surface area contributed by atoms with Gasteiger partial charge in [0.25, 0.3) is 5.91 Å². The van der Waals surface area contributed by atoms with Crippen LogP contribution in [-0.2, 0) is 6.54 Å². The van der Waals surface area contributed by atoms with Crippen LogP contribution < -0.4 is 0 Å². The van der Waals surface area contributed by atoms with Gasteiger partial charge < -0.3 is 13.8 Å². The lowest BCUT2D eigenvalue weighted by Gasteiger charge is -2.33. The Balaban J connectivity index is 1.39. The lowest BCUT2D eigenvalue weighted by atomic mass is 10.2. The zero-order valence-corrected chi connectivity index (χ0v) is 13.6. The highest BCUT2D eigenvalue weighted by atomic mass is 16.5. The second-order valence-corrected chi connectivity index (χ2v) is 6.07. The summed E-state index contributed by atoms with van der Waals surface area (Å²) >= 11 is 0.